The number of benzene rings is 2. The van der Waals surface area contributed by atoms with Gasteiger partial charge >= 0.3 is 5.76 Å². The van der Waals surface area contributed by atoms with Crippen LogP contribution in [0.4, 0.5) is 0 Å². The number of H-pyrrole nitrogens is 1. The van der Waals surface area contributed by atoms with E-state index in [4.69, 9.17) is 19.3 Å². The van der Waals surface area contributed by atoms with E-state index in [0.29, 0.717) is 30.5 Å². The molecule has 2 aromatic carbocycles. The van der Waals surface area contributed by atoms with Gasteiger partial charge in [-0.3, -0.25) is 18.9 Å². The lowest BCUT2D eigenvalue weighted by Crippen LogP contribution is -2.35. The first-order valence-electron chi connectivity index (χ1n) is 15.5. The molecule has 229 valence electrons. The molecule has 6 rings (SSSR count). The first-order chi connectivity index (χ1) is 21.3. The molecular weight excluding hydrogens is 556 g/mol. The van der Waals surface area contributed by atoms with Crippen LogP contribution >= 0.6 is 0 Å². The van der Waals surface area contributed by atoms with Crippen molar-refractivity contribution in [2.24, 2.45) is 0 Å². The summed E-state index contributed by atoms with van der Waals surface area (Å²) in [6.07, 6.45) is 5.91. The number of aryl methyl sites for hydroxylation is 2. The van der Waals surface area contributed by atoms with E-state index < -0.39 is 5.76 Å². The summed E-state index contributed by atoms with van der Waals surface area (Å²) < 4.78 is 14.7. The molecule has 1 aliphatic rings. The first-order valence-corrected chi connectivity index (χ1v) is 15.5. The maximum Gasteiger partial charge on any atom is 0.439 e. The highest BCUT2D eigenvalue weighted by Crippen LogP contribution is 2.32. The molecule has 10 heteroatoms. The van der Waals surface area contributed by atoms with Crippen LogP contribution in [-0.2, 0) is 17.6 Å². The van der Waals surface area contributed by atoms with Gasteiger partial charge < -0.3 is 4.74 Å². The molecule has 0 aliphatic heterocycles. The fourth-order valence-electron chi connectivity index (χ4n) is 6.28. The van der Waals surface area contributed by atoms with Crippen molar-refractivity contribution in [3.8, 4) is 22.5 Å². The summed E-state index contributed by atoms with van der Waals surface area (Å²) in [7, 11) is 0. The van der Waals surface area contributed by atoms with Gasteiger partial charge in [-0.15, -0.1) is 0 Å². The Hall–Kier alpha value is -4.31. The lowest BCUT2D eigenvalue weighted by atomic mass is 9.92. The fraction of sp³-hybridized carbons (Fsp3) is 0.412. The van der Waals surface area contributed by atoms with Crippen molar-refractivity contribution in [1.29, 1.82) is 0 Å². The van der Waals surface area contributed by atoms with Crippen molar-refractivity contribution in [2.45, 2.75) is 84.8 Å². The zero-order chi connectivity index (χ0) is 30.8. The lowest BCUT2D eigenvalue weighted by Gasteiger charge is -2.31. The van der Waals surface area contributed by atoms with Gasteiger partial charge in [0.2, 0.25) is 5.78 Å². The summed E-state index contributed by atoms with van der Waals surface area (Å²) in [6, 6.07) is 16.0. The van der Waals surface area contributed by atoms with Gasteiger partial charge in [0, 0.05) is 23.6 Å². The maximum atomic E-state index is 14.4. The highest BCUT2D eigenvalue weighted by atomic mass is 16.5. The van der Waals surface area contributed by atoms with Crippen LogP contribution in [0.2, 0.25) is 0 Å². The molecule has 0 amide bonds. The molecule has 0 saturated heterocycles. The Balaban J connectivity index is 1.34. The molecule has 1 N–H and O–H groups in total. The van der Waals surface area contributed by atoms with Crippen molar-refractivity contribution in [3.63, 3.8) is 0 Å². The van der Waals surface area contributed by atoms with E-state index in [0.717, 1.165) is 72.0 Å². The van der Waals surface area contributed by atoms with Gasteiger partial charge in [0.15, 0.2) is 5.82 Å². The quantitative estimate of drug-likeness (QED) is 0.214. The molecule has 0 bridgehead atoms. The predicted octanol–water partition coefficient (Wildman–Crippen LogP) is 5.87. The van der Waals surface area contributed by atoms with Crippen LogP contribution in [0.15, 0.2) is 62.6 Å². The summed E-state index contributed by atoms with van der Waals surface area (Å²) in [5.41, 5.74) is 5.42. The summed E-state index contributed by atoms with van der Waals surface area (Å²) in [5, 5.41) is 8.64. The summed E-state index contributed by atoms with van der Waals surface area (Å²) in [5.74, 6) is 2.36. The average molecular weight is 596 g/mol. The number of nitrogens with zero attached hydrogens (tertiary/aromatic N) is 5. The molecule has 44 heavy (non-hydrogen) atoms. The van der Waals surface area contributed by atoms with E-state index in [-0.39, 0.29) is 17.7 Å². The largest absolute Gasteiger partial charge is 0.439 e. The normalized spacial score (nSPS) is 17.1. The van der Waals surface area contributed by atoms with Gasteiger partial charge in [-0.25, -0.2) is 9.31 Å². The van der Waals surface area contributed by atoms with Gasteiger partial charge in [0.25, 0.3) is 5.56 Å². The monoisotopic (exact) mass is 595 g/mol. The molecule has 0 unspecified atom stereocenters. The number of hydrogen-bond acceptors (Lipinski definition) is 7. The van der Waals surface area contributed by atoms with Crippen LogP contribution in [0.3, 0.4) is 0 Å². The Morgan fingerprint density at radius 1 is 1.02 bits per heavy atom. The molecule has 0 spiro atoms. The Labute approximate surface area is 256 Å². The zero-order valence-corrected chi connectivity index (χ0v) is 25.8. The van der Waals surface area contributed by atoms with Crippen LogP contribution < -0.4 is 11.3 Å². The predicted molar refractivity (Wildman–Crippen MR) is 169 cm³/mol. The van der Waals surface area contributed by atoms with Crippen LogP contribution in [0.5, 0.6) is 0 Å². The summed E-state index contributed by atoms with van der Waals surface area (Å²) in [4.78, 5) is 33.3. The molecule has 1 radical (unpaired) electrons. The zero-order valence-electron chi connectivity index (χ0n) is 25.8. The minimum atomic E-state index is -0.593. The molecule has 3 aromatic heterocycles. The number of hydrogen-bond donors (Lipinski definition) is 1. The SMILES string of the molecule is CCCc1c(Cc2ccc(-c3ccccc3-c3noc(=O)[nH]3)cc2)c(=O)n([C@H]2CC[C@H](OC[C](C)C)CC2)c2nc(C)nn12. The molecule has 10 nitrogen and oxygen atoms in total. The van der Waals surface area contributed by atoms with Crippen LogP contribution in [0.25, 0.3) is 28.3 Å². The van der Waals surface area contributed by atoms with Gasteiger partial charge in [0.1, 0.15) is 5.82 Å². The second kappa shape index (κ2) is 12.7. The number of aromatic nitrogens is 6. The lowest BCUT2D eigenvalue weighted by molar-refractivity contribution is 0.0260. The Morgan fingerprint density at radius 2 is 1.75 bits per heavy atom. The molecular formula is C34H39N6O4. The standard InChI is InChI=1S/C34H39N6O4/c1-5-8-30-29(19-23-11-13-24(14-12-23)27-9-6-7-10-28(27)31-36-34(42)44-38-31)32(41)39(33-35-22(4)37-40(30)33)25-15-17-26(18-16-25)43-20-21(2)3/h6-7,9-14,25-26H,5,8,15-20H2,1-4H3,(H,36,38,42)/t25-,26-. The highest BCUT2D eigenvalue weighted by molar-refractivity contribution is 5.80. The molecule has 1 aliphatic carbocycles. The Morgan fingerprint density at radius 3 is 2.41 bits per heavy atom. The first kappa shape index (κ1) is 29.7. The molecule has 0 atom stereocenters. The smallest absolute Gasteiger partial charge is 0.378 e. The third-order valence-electron chi connectivity index (χ3n) is 8.36. The number of aromatic amines is 1. The van der Waals surface area contributed by atoms with E-state index in [1.807, 2.05) is 52.4 Å². The minimum Gasteiger partial charge on any atom is -0.378 e. The van der Waals surface area contributed by atoms with E-state index in [9.17, 15) is 9.59 Å². The number of fused-ring (bicyclic) bond motifs is 1. The highest BCUT2D eigenvalue weighted by Gasteiger charge is 2.28. The van der Waals surface area contributed by atoms with Crippen molar-refractivity contribution >= 4 is 5.78 Å². The average Bonchev–Trinajstić information content (AvgIpc) is 3.63. The molecule has 1 fully saturated rings. The van der Waals surface area contributed by atoms with Crippen molar-refractivity contribution in [2.75, 3.05) is 6.61 Å². The van der Waals surface area contributed by atoms with Gasteiger partial charge in [0.05, 0.1) is 18.4 Å². The van der Waals surface area contributed by atoms with Gasteiger partial charge in [-0.2, -0.15) is 10.1 Å². The van der Waals surface area contributed by atoms with E-state index in [2.05, 4.69) is 43.0 Å². The Bertz CT molecular complexity index is 1860. The van der Waals surface area contributed by atoms with Gasteiger partial charge in [-0.1, -0.05) is 80.9 Å². The van der Waals surface area contributed by atoms with Crippen molar-refractivity contribution in [1.82, 2.24) is 29.3 Å². The number of ether oxygens (including phenoxy) is 1. The van der Waals surface area contributed by atoms with Crippen LogP contribution in [0, 0.1) is 12.8 Å². The van der Waals surface area contributed by atoms with Crippen molar-refractivity contribution in [3.05, 3.63) is 98.0 Å². The second-order valence-electron chi connectivity index (χ2n) is 12.0. The third kappa shape index (κ3) is 6.04. The molecule has 1 saturated carbocycles. The van der Waals surface area contributed by atoms with Crippen LogP contribution in [-0.4, -0.2) is 42.0 Å². The Kier molecular flexibility index (Phi) is 8.61. The molecule has 5 aromatic rings. The molecule has 3 heterocycles. The fourth-order valence-corrected chi connectivity index (χ4v) is 6.28. The van der Waals surface area contributed by atoms with Crippen LogP contribution in [0.1, 0.15) is 81.6 Å². The van der Waals surface area contributed by atoms with E-state index >= 15 is 0 Å². The minimum absolute atomic E-state index is 0.0277. The number of nitrogens with one attached hydrogen (secondary N) is 1. The summed E-state index contributed by atoms with van der Waals surface area (Å²) in [6.45, 7) is 8.86. The second-order valence-corrected chi connectivity index (χ2v) is 12.0. The summed E-state index contributed by atoms with van der Waals surface area (Å²) >= 11 is 0. The number of rotatable bonds is 10. The van der Waals surface area contributed by atoms with Gasteiger partial charge in [-0.05, 0) is 61.6 Å². The van der Waals surface area contributed by atoms with Crippen molar-refractivity contribution < 1.29 is 9.26 Å². The van der Waals surface area contributed by atoms with E-state index in [1.165, 1.54) is 5.92 Å². The maximum absolute atomic E-state index is 14.4. The topological polar surface area (TPSA) is 120 Å². The third-order valence-corrected chi connectivity index (χ3v) is 8.36. The van der Waals surface area contributed by atoms with E-state index in [1.54, 1.807) is 0 Å².